The Morgan fingerprint density at radius 3 is 1.89 bits per heavy atom. The van der Waals surface area contributed by atoms with Gasteiger partial charge in [-0.2, -0.15) is 0 Å². The van der Waals surface area contributed by atoms with E-state index < -0.39 is 29.4 Å². The van der Waals surface area contributed by atoms with Crippen LogP contribution in [0, 0.1) is 0 Å². The van der Waals surface area contributed by atoms with Crippen molar-refractivity contribution >= 4 is 18.2 Å². The van der Waals surface area contributed by atoms with Crippen LogP contribution in [0.4, 0.5) is 9.59 Å². The lowest BCUT2D eigenvalue weighted by molar-refractivity contribution is -0.137. The molecule has 0 rings (SSSR count). The molecular formula is C19H36N2O6. The first-order chi connectivity index (χ1) is 12.3. The fraction of sp³-hybridized carbons (Fsp3) is 0.842. The fourth-order valence-electron chi connectivity index (χ4n) is 2.24. The molecule has 0 saturated carbocycles. The van der Waals surface area contributed by atoms with Crippen molar-refractivity contribution < 1.29 is 29.0 Å². The molecule has 0 aliphatic carbocycles. The molecular weight excluding hydrogens is 352 g/mol. The second kappa shape index (κ2) is 11.7. The van der Waals surface area contributed by atoms with Gasteiger partial charge in [-0.15, -0.1) is 0 Å². The number of amides is 2. The Morgan fingerprint density at radius 2 is 1.37 bits per heavy atom. The highest BCUT2D eigenvalue weighted by molar-refractivity contribution is 5.69. The van der Waals surface area contributed by atoms with E-state index in [1.54, 1.807) is 41.5 Å². The largest absolute Gasteiger partial charge is 0.481 e. The van der Waals surface area contributed by atoms with E-state index in [0.29, 0.717) is 12.8 Å². The van der Waals surface area contributed by atoms with Crippen LogP contribution in [0.15, 0.2) is 0 Å². The third kappa shape index (κ3) is 17.2. The first-order valence-corrected chi connectivity index (χ1v) is 9.46. The number of carboxylic acid groups (broad SMARTS) is 1. The van der Waals surface area contributed by atoms with Crippen molar-refractivity contribution in [1.29, 1.82) is 0 Å². The van der Waals surface area contributed by atoms with Crippen LogP contribution in [0.1, 0.15) is 80.1 Å². The van der Waals surface area contributed by atoms with Crippen molar-refractivity contribution in [3.8, 4) is 0 Å². The highest BCUT2D eigenvalue weighted by Crippen LogP contribution is 2.11. The van der Waals surface area contributed by atoms with E-state index in [-0.39, 0.29) is 19.0 Å². The molecule has 0 aromatic carbocycles. The van der Waals surface area contributed by atoms with E-state index in [9.17, 15) is 14.4 Å². The van der Waals surface area contributed by atoms with Gasteiger partial charge in [0.1, 0.15) is 11.2 Å². The monoisotopic (exact) mass is 388 g/mol. The topological polar surface area (TPSA) is 114 Å². The molecule has 1 atom stereocenters. The number of carbonyl (C=O) groups excluding carboxylic acids is 2. The van der Waals surface area contributed by atoms with Crippen molar-refractivity contribution in [3.05, 3.63) is 0 Å². The van der Waals surface area contributed by atoms with Crippen molar-refractivity contribution in [2.45, 2.75) is 97.3 Å². The number of aliphatic carboxylic acids is 1. The number of alkyl carbamates (subject to hydrolysis) is 2. The summed E-state index contributed by atoms with van der Waals surface area (Å²) in [6.45, 7) is 10.9. The fourth-order valence-corrected chi connectivity index (χ4v) is 2.24. The van der Waals surface area contributed by atoms with Gasteiger partial charge in [0.05, 0.1) is 0 Å². The summed E-state index contributed by atoms with van der Waals surface area (Å²) >= 11 is 0. The van der Waals surface area contributed by atoms with Crippen LogP contribution >= 0.6 is 0 Å². The maximum atomic E-state index is 12.0. The predicted molar refractivity (Wildman–Crippen MR) is 103 cm³/mol. The Kier molecular flexibility index (Phi) is 10.8. The molecule has 0 aliphatic rings. The van der Waals surface area contributed by atoms with Crippen molar-refractivity contribution in [3.63, 3.8) is 0 Å². The van der Waals surface area contributed by atoms with Crippen molar-refractivity contribution in [2.24, 2.45) is 0 Å². The van der Waals surface area contributed by atoms with E-state index in [1.807, 2.05) is 0 Å². The summed E-state index contributed by atoms with van der Waals surface area (Å²) in [6.07, 6.45) is 2.83. The van der Waals surface area contributed by atoms with Crippen LogP contribution in [0.3, 0.4) is 0 Å². The molecule has 0 fully saturated rings. The maximum Gasteiger partial charge on any atom is 0.407 e. The SMILES string of the molecule is CC(C)(C)OC(=O)NC[C@H](CCCCCCC(=O)O)NC(=O)OC(C)(C)C. The number of carboxylic acids is 1. The van der Waals surface area contributed by atoms with Crippen LogP contribution < -0.4 is 10.6 Å². The summed E-state index contributed by atoms with van der Waals surface area (Å²) in [5.41, 5.74) is -1.20. The lowest BCUT2D eigenvalue weighted by Gasteiger charge is -2.25. The maximum absolute atomic E-state index is 12.0. The summed E-state index contributed by atoms with van der Waals surface area (Å²) in [4.78, 5) is 34.3. The van der Waals surface area contributed by atoms with Gasteiger partial charge in [-0.25, -0.2) is 9.59 Å². The standard InChI is InChI=1S/C19H36N2O6/c1-18(2,3)26-16(24)20-13-14(21-17(25)27-19(4,5)6)11-9-7-8-10-12-15(22)23/h14H,7-13H2,1-6H3,(H,20,24)(H,21,25)(H,22,23)/t14-/m0/s1. The van der Waals surface area contributed by atoms with E-state index in [1.165, 1.54) is 0 Å². The minimum atomic E-state index is -0.791. The van der Waals surface area contributed by atoms with Crippen LogP contribution in [-0.2, 0) is 14.3 Å². The molecule has 0 aliphatic heterocycles. The Balaban J connectivity index is 4.46. The van der Waals surface area contributed by atoms with E-state index >= 15 is 0 Å². The van der Waals surface area contributed by atoms with Gasteiger partial charge in [-0.3, -0.25) is 4.79 Å². The first kappa shape index (κ1) is 25.0. The third-order valence-electron chi connectivity index (χ3n) is 3.31. The zero-order chi connectivity index (χ0) is 21.1. The van der Waals surface area contributed by atoms with Gasteiger partial charge in [0.25, 0.3) is 0 Å². The first-order valence-electron chi connectivity index (χ1n) is 9.46. The molecule has 3 N–H and O–H groups in total. The van der Waals surface area contributed by atoms with Crippen LogP contribution in [0.2, 0.25) is 0 Å². The van der Waals surface area contributed by atoms with Gasteiger partial charge >= 0.3 is 18.2 Å². The predicted octanol–water partition coefficient (Wildman–Crippen LogP) is 3.83. The zero-order valence-electron chi connectivity index (χ0n) is 17.5. The molecule has 158 valence electrons. The van der Waals surface area contributed by atoms with Gasteiger partial charge in [-0.05, 0) is 54.4 Å². The summed E-state index contributed by atoms with van der Waals surface area (Å²) in [6, 6.07) is -0.299. The average Bonchev–Trinajstić information content (AvgIpc) is 2.43. The molecule has 0 saturated heterocycles. The molecule has 0 radical (unpaired) electrons. The molecule has 8 nitrogen and oxygen atoms in total. The van der Waals surface area contributed by atoms with Crippen LogP contribution in [0.5, 0.6) is 0 Å². The summed E-state index contributed by atoms with van der Waals surface area (Å²) in [7, 11) is 0. The summed E-state index contributed by atoms with van der Waals surface area (Å²) in [5.74, 6) is -0.791. The Morgan fingerprint density at radius 1 is 0.852 bits per heavy atom. The Bertz CT molecular complexity index is 480. The average molecular weight is 389 g/mol. The lowest BCUT2D eigenvalue weighted by atomic mass is 10.1. The van der Waals surface area contributed by atoms with Crippen LogP contribution in [0.25, 0.3) is 0 Å². The van der Waals surface area contributed by atoms with Crippen molar-refractivity contribution in [1.82, 2.24) is 10.6 Å². The highest BCUT2D eigenvalue weighted by Gasteiger charge is 2.21. The normalized spacial score (nSPS) is 12.8. The molecule has 27 heavy (non-hydrogen) atoms. The molecule has 0 aromatic heterocycles. The molecule has 0 aromatic rings. The number of carbonyl (C=O) groups is 3. The smallest absolute Gasteiger partial charge is 0.407 e. The molecule has 0 spiro atoms. The van der Waals surface area contributed by atoms with E-state index in [4.69, 9.17) is 14.6 Å². The number of hydrogen-bond donors (Lipinski definition) is 3. The van der Waals surface area contributed by atoms with Gasteiger partial charge in [0.15, 0.2) is 0 Å². The lowest BCUT2D eigenvalue weighted by Crippen LogP contribution is -2.46. The van der Waals surface area contributed by atoms with E-state index in [0.717, 1.165) is 19.3 Å². The highest BCUT2D eigenvalue weighted by atomic mass is 16.6. The Hall–Kier alpha value is -1.99. The number of nitrogens with one attached hydrogen (secondary N) is 2. The summed E-state index contributed by atoms with van der Waals surface area (Å²) in [5, 5.41) is 14.1. The van der Waals surface area contributed by atoms with Crippen LogP contribution in [-0.4, -0.2) is 47.1 Å². The molecule has 8 heteroatoms. The second-order valence-corrected chi connectivity index (χ2v) is 8.57. The van der Waals surface area contributed by atoms with Gasteiger partial charge in [0.2, 0.25) is 0 Å². The molecule has 2 amide bonds. The number of ether oxygens (including phenoxy) is 2. The zero-order valence-corrected chi connectivity index (χ0v) is 17.5. The number of hydrogen-bond acceptors (Lipinski definition) is 5. The van der Waals surface area contributed by atoms with Gasteiger partial charge in [-0.1, -0.05) is 19.3 Å². The third-order valence-corrected chi connectivity index (χ3v) is 3.31. The molecule has 0 unspecified atom stereocenters. The van der Waals surface area contributed by atoms with E-state index in [2.05, 4.69) is 10.6 Å². The number of unbranched alkanes of at least 4 members (excludes halogenated alkanes) is 3. The minimum absolute atomic E-state index is 0.166. The minimum Gasteiger partial charge on any atom is -0.481 e. The summed E-state index contributed by atoms with van der Waals surface area (Å²) < 4.78 is 10.5. The second-order valence-electron chi connectivity index (χ2n) is 8.57. The van der Waals surface area contributed by atoms with Crippen molar-refractivity contribution in [2.75, 3.05) is 6.54 Å². The van der Waals surface area contributed by atoms with Gasteiger partial charge < -0.3 is 25.2 Å². The Labute approximate surface area is 162 Å². The quantitative estimate of drug-likeness (QED) is 0.490. The molecule has 0 heterocycles. The van der Waals surface area contributed by atoms with Gasteiger partial charge in [0, 0.05) is 19.0 Å². The number of rotatable bonds is 10. The molecule has 0 bridgehead atoms.